The molecule has 9 heavy (non-hydrogen) atoms. The summed E-state index contributed by atoms with van der Waals surface area (Å²) in [5, 5.41) is 0. The Hall–Kier alpha value is -0.290. The third-order valence-electron chi connectivity index (χ3n) is 0.749. The number of rotatable bonds is 3. The van der Waals surface area contributed by atoms with Crippen molar-refractivity contribution in [2.45, 2.75) is 6.92 Å². The average molecular weight is 148 g/mol. The molecule has 0 aliphatic carbocycles. The molecule has 0 aromatic carbocycles. The van der Waals surface area contributed by atoms with Crippen LogP contribution in [0.5, 0.6) is 0 Å². The molecule has 0 aliphatic heterocycles. The Kier molecular flexibility index (Phi) is 3.56. The fourth-order valence-electron chi connectivity index (χ4n) is 0.229. The molecule has 0 aromatic rings. The van der Waals surface area contributed by atoms with Gasteiger partial charge in [-0.25, -0.2) is 0 Å². The van der Waals surface area contributed by atoms with Crippen molar-refractivity contribution in [3.05, 3.63) is 0 Å². The summed E-state index contributed by atoms with van der Waals surface area (Å²) in [6.07, 6.45) is 4.89. The Morgan fingerprint density at radius 2 is 2.44 bits per heavy atom. The fourth-order valence-corrected chi connectivity index (χ4v) is 0.688. The summed E-state index contributed by atoms with van der Waals surface area (Å²) in [7, 11) is -3.33. The molecule has 1 unspecified atom stereocenters. The van der Waals surface area contributed by atoms with E-state index in [4.69, 9.17) is 11.3 Å². The molecule has 0 saturated heterocycles. The van der Waals surface area contributed by atoms with E-state index in [0.29, 0.717) is 0 Å². The third-order valence-corrected chi connectivity index (χ3v) is 2.08. The van der Waals surface area contributed by atoms with Crippen molar-refractivity contribution in [1.82, 2.24) is 0 Å². The van der Waals surface area contributed by atoms with Gasteiger partial charge in [0.15, 0.2) is 0 Å². The van der Waals surface area contributed by atoms with Crippen LogP contribution >= 0.6 is 7.60 Å². The lowest BCUT2D eigenvalue weighted by molar-refractivity contribution is 0.293. The van der Waals surface area contributed by atoms with Gasteiger partial charge in [-0.05, 0) is 0 Å². The Labute approximate surface area is 54.6 Å². The lowest BCUT2D eigenvalue weighted by atomic mass is 10.8. The molecule has 3 nitrogen and oxygen atoms in total. The molecular formula is C5H9O3P. The zero-order valence-corrected chi connectivity index (χ0v) is 6.10. The van der Waals surface area contributed by atoms with Crippen molar-refractivity contribution in [1.29, 1.82) is 0 Å². The molecule has 0 radical (unpaired) electrons. The first-order valence-electron chi connectivity index (χ1n) is 2.52. The van der Waals surface area contributed by atoms with Gasteiger partial charge in [0.1, 0.15) is 6.61 Å². The molecule has 0 spiro atoms. The van der Waals surface area contributed by atoms with Crippen molar-refractivity contribution < 1.29 is 14.0 Å². The molecule has 0 saturated carbocycles. The minimum atomic E-state index is -3.33. The maximum absolute atomic E-state index is 10.6. The van der Waals surface area contributed by atoms with Gasteiger partial charge in [0.25, 0.3) is 0 Å². The first-order chi connectivity index (χ1) is 4.12. The van der Waals surface area contributed by atoms with E-state index in [1.165, 1.54) is 0 Å². The second-order valence-corrected chi connectivity index (χ2v) is 3.60. The second kappa shape index (κ2) is 3.68. The highest BCUT2D eigenvalue weighted by atomic mass is 31.2. The summed E-state index contributed by atoms with van der Waals surface area (Å²) in [5.41, 5.74) is 0. The van der Waals surface area contributed by atoms with Crippen LogP contribution in [0.1, 0.15) is 6.92 Å². The van der Waals surface area contributed by atoms with Gasteiger partial charge in [0.05, 0.1) is 0 Å². The van der Waals surface area contributed by atoms with Gasteiger partial charge >= 0.3 is 7.60 Å². The number of hydrogen-bond donors (Lipinski definition) is 1. The van der Waals surface area contributed by atoms with Crippen LogP contribution in [0.4, 0.5) is 0 Å². The van der Waals surface area contributed by atoms with Crippen molar-refractivity contribution >= 4 is 7.60 Å². The maximum Gasteiger partial charge on any atom is 0.328 e. The summed E-state index contributed by atoms with van der Waals surface area (Å²) in [5.74, 6) is 2.10. The zero-order valence-electron chi connectivity index (χ0n) is 5.20. The monoisotopic (exact) mass is 148 g/mol. The molecule has 1 atom stereocenters. The predicted octanol–water partition coefficient (Wildman–Crippen LogP) is 0.841. The minimum absolute atomic E-state index is 0.0956. The Morgan fingerprint density at radius 3 is 2.78 bits per heavy atom. The van der Waals surface area contributed by atoms with Crippen LogP contribution in [0.3, 0.4) is 0 Å². The van der Waals surface area contributed by atoms with Crippen LogP contribution in [0.25, 0.3) is 0 Å². The van der Waals surface area contributed by atoms with Crippen LogP contribution in [0.2, 0.25) is 0 Å². The molecule has 0 fully saturated rings. The van der Waals surface area contributed by atoms with E-state index in [1.807, 2.05) is 0 Å². The van der Waals surface area contributed by atoms with E-state index >= 15 is 0 Å². The zero-order chi connectivity index (χ0) is 7.33. The molecule has 52 valence electrons. The smallest absolute Gasteiger partial charge is 0.324 e. The Bertz CT molecular complexity index is 158. The first-order valence-corrected chi connectivity index (χ1v) is 4.28. The molecule has 0 amide bonds. The van der Waals surface area contributed by atoms with E-state index in [-0.39, 0.29) is 12.8 Å². The van der Waals surface area contributed by atoms with Gasteiger partial charge in [0, 0.05) is 6.16 Å². The van der Waals surface area contributed by atoms with E-state index in [9.17, 15) is 4.57 Å². The van der Waals surface area contributed by atoms with Crippen molar-refractivity contribution in [2.24, 2.45) is 0 Å². The van der Waals surface area contributed by atoms with Gasteiger partial charge in [-0.3, -0.25) is 9.09 Å². The lowest BCUT2D eigenvalue weighted by Gasteiger charge is -2.05. The van der Waals surface area contributed by atoms with Gasteiger partial charge < -0.3 is 4.89 Å². The van der Waals surface area contributed by atoms with E-state index in [1.54, 1.807) is 6.92 Å². The maximum atomic E-state index is 10.6. The highest BCUT2D eigenvalue weighted by Crippen LogP contribution is 2.40. The SMILES string of the molecule is C#CCOP(=O)(O)CC. The van der Waals surface area contributed by atoms with Gasteiger partial charge in [0.2, 0.25) is 0 Å². The predicted molar refractivity (Wildman–Crippen MR) is 35.2 cm³/mol. The highest BCUT2D eigenvalue weighted by molar-refractivity contribution is 7.52. The fraction of sp³-hybridized carbons (Fsp3) is 0.600. The summed E-state index contributed by atoms with van der Waals surface area (Å²) < 4.78 is 15.0. The molecule has 0 aromatic heterocycles. The summed E-state index contributed by atoms with van der Waals surface area (Å²) in [6, 6.07) is 0. The molecule has 1 N–H and O–H groups in total. The summed E-state index contributed by atoms with van der Waals surface area (Å²) >= 11 is 0. The average Bonchev–Trinajstić information content (AvgIpc) is 1.84. The molecule has 0 bridgehead atoms. The van der Waals surface area contributed by atoms with Crippen LogP contribution in [0, 0.1) is 12.3 Å². The van der Waals surface area contributed by atoms with Crippen molar-refractivity contribution in [2.75, 3.05) is 12.8 Å². The highest BCUT2D eigenvalue weighted by Gasteiger charge is 2.13. The van der Waals surface area contributed by atoms with E-state index in [0.717, 1.165) is 0 Å². The number of terminal acetylenes is 1. The van der Waals surface area contributed by atoms with E-state index < -0.39 is 7.60 Å². The summed E-state index contributed by atoms with van der Waals surface area (Å²) in [4.78, 5) is 8.69. The van der Waals surface area contributed by atoms with Crippen LogP contribution in [-0.4, -0.2) is 17.7 Å². The molecule has 0 aliphatic rings. The molecular weight excluding hydrogens is 139 g/mol. The standard InChI is InChI=1S/C5H9O3P/c1-3-5-8-9(6,7)4-2/h1H,4-5H2,2H3,(H,6,7). The summed E-state index contributed by atoms with van der Waals surface area (Å²) in [6.45, 7) is 1.47. The molecule has 0 rings (SSSR count). The van der Waals surface area contributed by atoms with Gasteiger partial charge in [-0.2, -0.15) is 0 Å². The topological polar surface area (TPSA) is 46.5 Å². The Morgan fingerprint density at radius 1 is 1.89 bits per heavy atom. The van der Waals surface area contributed by atoms with Crippen molar-refractivity contribution in [3.8, 4) is 12.3 Å². The number of hydrogen-bond acceptors (Lipinski definition) is 2. The van der Waals surface area contributed by atoms with Gasteiger partial charge in [-0.1, -0.05) is 12.8 Å². The van der Waals surface area contributed by atoms with Crippen LogP contribution in [0.15, 0.2) is 0 Å². The van der Waals surface area contributed by atoms with Crippen LogP contribution < -0.4 is 0 Å². The minimum Gasteiger partial charge on any atom is -0.324 e. The quantitative estimate of drug-likeness (QED) is 0.476. The Balaban J connectivity index is 3.63. The third kappa shape index (κ3) is 4.23. The molecule has 0 heterocycles. The van der Waals surface area contributed by atoms with Crippen molar-refractivity contribution in [3.63, 3.8) is 0 Å². The largest absolute Gasteiger partial charge is 0.328 e. The lowest BCUT2D eigenvalue weighted by Crippen LogP contribution is -1.91. The van der Waals surface area contributed by atoms with E-state index in [2.05, 4.69) is 10.4 Å². The normalized spacial score (nSPS) is 16.1. The second-order valence-electron chi connectivity index (χ2n) is 1.43. The molecule has 4 heteroatoms. The first kappa shape index (κ1) is 8.71. The van der Waals surface area contributed by atoms with Gasteiger partial charge in [-0.15, -0.1) is 6.42 Å². The van der Waals surface area contributed by atoms with Crippen LogP contribution in [-0.2, 0) is 9.09 Å².